The van der Waals surface area contributed by atoms with Crippen molar-refractivity contribution in [1.29, 1.82) is 0 Å². The van der Waals surface area contributed by atoms with Crippen molar-refractivity contribution in [3.8, 4) is 0 Å². The van der Waals surface area contributed by atoms with Crippen LogP contribution in [0.1, 0.15) is 12.0 Å². The highest BCUT2D eigenvalue weighted by molar-refractivity contribution is 8.00. The largest absolute Gasteiger partial charge is 0.272 e. The molecule has 1 amide bonds. The SMILES string of the molecule is O=C(CSc1ccc2ccccc2c1)N1CCC(c2ccccc2)=N1. The van der Waals surface area contributed by atoms with Crippen LogP contribution in [0.2, 0.25) is 0 Å². The summed E-state index contributed by atoms with van der Waals surface area (Å²) in [5.74, 6) is 0.466. The predicted molar refractivity (Wildman–Crippen MR) is 104 cm³/mol. The zero-order chi connectivity index (χ0) is 17.1. The second kappa shape index (κ2) is 7.11. The van der Waals surface area contributed by atoms with E-state index in [1.165, 1.54) is 10.8 Å². The van der Waals surface area contributed by atoms with E-state index in [0.29, 0.717) is 12.3 Å². The first-order chi connectivity index (χ1) is 12.3. The molecule has 0 radical (unpaired) electrons. The number of benzene rings is 3. The number of hydrogen-bond acceptors (Lipinski definition) is 3. The Labute approximate surface area is 151 Å². The van der Waals surface area contributed by atoms with Crippen LogP contribution in [-0.2, 0) is 4.79 Å². The van der Waals surface area contributed by atoms with Gasteiger partial charge in [-0.15, -0.1) is 11.8 Å². The van der Waals surface area contributed by atoms with Crippen LogP contribution in [0, 0.1) is 0 Å². The van der Waals surface area contributed by atoms with Crippen LogP contribution in [0.3, 0.4) is 0 Å². The fourth-order valence-electron chi connectivity index (χ4n) is 2.95. The van der Waals surface area contributed by atoms with E-state index in [4.69, 9.17) is 0 Å². The predicted octanol–water partition coefficient (Wildman–Crippen LogP) is 4.57. The lowest BCUT2D eigenvalue weighted by atomic mass is 10.1. The van der Waals surface area contributed by atoms with Gasteiger partial charge in [0, 0.05) is 11.3 Å². The number of nitrogens with zero attached hydrogens (tertiary/aromatic N) is 2. The van der Waals surface area contributed by atoms with Gasteiger partial charge in [0.25, 0.3) is 5.91 Å². The molecule has 0 bridgehead atoms. The van der Waals surface area contributed by atoms with Crippen LogP contribution in [0.15, 0.2) is 82.8 Å². The third kappa shape index (κ3) is 3.59. The first-order valence-corrected chi connectivity index (χ1v) is 9.33. The second-order valence-electron chi connectivity index (χ2n) is 5.98. The quantitative estimate of drug-likeness (QED) is 0.648. The molecule has 0 aromatic heterocycles. The maximum atomic E-state index is 12.5. The number of carbonyl (C=O) groups excluding carboxylic acids is 1. The van der Waals surface area contributed by atoms with Gasteiger partial charge in [-0.2, -0.15) is 5.10 Å². The van der Waals surface area contributed by atoms with Crippen LogP contribution in [0.4, 0.5) is 0 Å². The number of hydrazone groups is 1. The molecule has 0 N–H and O–H groups in total. The molecule has 25 heavy (non-hydrogen) atoms. The highest BCUT2D eigenvalue weighted by atomic mass is 32.2. The Bertz CT molecular complexity index is 937. The normalized spacial score (nSPS) is 13.9. The molecule has 0 unspecified atom stereocenters. The molecule has 4 heteroatoms. The number of rotatable bonds is 4. The van der Waals surface area contributed by atoms with E-state index in [2.05, 4.69) is 35.4 Å². The summed E-state index contributed by atoms with van der Waals surface area (Å²) in [5.41, 5.74) is 2.09. The molecule has 0 spiro atoms. The minimum atomic E-state index is 0.0593. The average Bonchev–Trinajstić information content (AvgIpc) is 3.17. The number of hydrogen-bond donors (Lipinski definition) is 0. The summed E-state index contributed by atoms with van der Waals surface area (Å²) >= 11 is 1.57. The summed E-state index contributed by atoms with van der Waals surface area (Å²) in [6, 6.07) is 24.6. The maximum Gasteiger partial charge on any atom is 0.253 e. The average molecular weight is 346 g/mol. The number of carbonyl (C=O) groups is 1. The van der Waals surface area contributed by atoms with E-state index in [-0.39, 0.29) is 5.91 Å². The van der Waals surface area contributed by atoms with Gasteiger partial charge in [0.1, 0.15) is 0 Å². The summed E-state index contributed by atoms with van der Waals surface area (Å²) in [6.45, 7) is 0.668. The Kier molecular flexibility index (Phi) is 4.53. The Hall–Kier alpha value is -2.59. The smallest absolute Gasteiger partial charge is 0.253 e. The van der Waals surface area contributed by atoms with Gasteiger partial charge in [0.2, 0.25) is 0 Å². The molecule has 0 atom stereocenters. The highest BCUT2D eigenvalue weighted by Gasteiger charge is 2.21. The van der Waals surface area contributed by atoms with Crippen molar-refractivity contribution in [2.24, 2.45) is 5.10 Å². The van der Waals surface area contributed by atoms with Gasteiger partial charge in [-0.3, -0.25) is 4.79 Å². The van der Waals surface area contributed by atoms with Crippen molar-refractivity contribution in [1.82, 2.24) is 5.01 Å². The Morgan fingerprint density at radius 3 is 2.56 bits per heavy atom. The summed E-state index contributed by atoms with van der Waals surface area (Å²) in [6.07, 6.45) is 0.816. The lowest BCUT2D eigenvalue weighted by molar-refractivity contribution is -0.127. The topological polar surface area (TPSA) is 32.7 Å². The maximum absolute atomic E-state index is 12.5. The molecule has 4 rings (SSSR count). The fraction of sp³-hybridized carbons (Fsp3) is 0.143. The summed E-state index contributed by atoms with van der Waals surface area (Å²) in [4.78, 5) is 13.6. The standard InChI is InChI=1S/C21H18N2OS/c24-21(23-13-12-20(22-23)17-7-2-1-3-8-17)15-25-19-11-10-16-6-4-5-9-18(16)14-19/h1-11,14H,12-13,15H2. The van der Waals surface area contributed by atoms with Crippen molar-refractivity contribution in [2.45, 2.75) is 11.3 Å². The van der Waals surface area contributed by atoms with E-state index in [9.17, 15) is 4.79 Å². The van der Waals surface area contributed by atoms with E-state index in [1.54, 1.807) is 16.8 Å². The monoisotopic (exact) mass is 346 g/mol. The van der Waals surface area contributed by atoms with Gasteiger partial charge < -0.3 is 0 Å². The van der Waals surface area contributed by atoms with Gasteiger partial charge in [-0.25, -0.2) is 5.01 Å². The fourth-order valence-corrected chi connectivity index (χ4v) is 3.76. The molecular formula is C21H18N2OS. The van der Waals surface area contributed by atoms with Gasteiger partial charge in [-0.05, 0) is 28.5 Å². The van der Waals surface area contributed by atoms with E-state index in [1.807, 2.05) is 42.5 Å². The van der Waals surface area contributed by atoms with Crippen molar-refractivity contribution in [2.75, 3.05) is 12.3 Å². The van der Waals surface area contributed by atoms with E-state index in [0.717, 1.165) is 22.6 Å². The molecule has 3 nitrogen and oxygen atoms in total. The highest BCUT2D eigenvalue weighted by Crippen LogP contribution is 2.24. The Morgan fingerprint density at radius 2 is 1.72 bits per heavy atom. The van der Waals surface area contributed by atoms with Crippen LogP contribution < -0.4 is 0 Å². The zero-order valence-corrected chi connectivity index (χ0v) is 14.6. The number of fused-ring (bicyclic) bond motifs is 1. The summed E-state index contributed by atoms with van der Waals surface area (Å²) in [5, 5.41) is 8.53. The second-order valence-corrected chi connectivity index (χ2v) is 7.03. The molecule has 1 heterocycles. The van der Waals surface area contributed by atoms with Crippen LogP contribution in [-0.4, -0.2) is 28.9 Å². The summed E-state index contributed by atoms with van der Waals surface area (Å²) in [7, 11) is 0. The third-order valence-corrected chi connectivity index (χ3v) is 5.26. The molecule has 0 fully saturated rings. The molecule has 0 saturated carbocycles. The Balaban J connectivity index is 1.41. The van der Waals surface area contributed by atoms with Crippen LogP contribution in [0.25, 0.3) is 10.8 Å². The van der Waals surface area contributed by atoms with E-state index >= 15 is 0 Å². The minimum absolute atomic E-state index is 0.0593. The first-order valence-electron chi connectivity index (χ1n) is 8.34. The van der Waals surface area contributed by atoms with Crippen molar-refractivity contribution >= 4 is 34.2 Å². The molecule has 124 valence electrons. The molecule has 1 aliphatic heterocycles. The minimum Gasteiger partial charge on any atom is -0.272 e. The molecule has 3 aromatic carbocycles. The molecule has 0 saturated heterocycles. The van der Waals surface area contributed by atoms with Crippen molar-refractivity contribution < 1.29 is 4.79 Å². The van der Waals surface area contributed by atoms with Gasteiger partial charge >= 0.3 is 0 Å². The lowest BCUT2D eigenvalue weighted by Gasteiger charge is -2.11. The molecule has 1 aliphatic rings. The first kappa shape index (κ1) is 15.9. The van der Waals surface area contributed by atoms with E-state index < -0.39 is 0 Å². The zero-order valence-electron chi connectivity index (χ0n) is 13.8. The third-order valence-electron chi connectivity index (χ3n) is 4.28. The molecular weight excluding hydrogens is 328 g/mol. The van der Waals surface area contributed by atoms with Gasteiger partial charge in [-0.1, -0.05) is 60.7 Å². The number of thioether (sulfide) groups is 1. The van der Waals surface area contributed by atoms with Crippen LogP contribution in [0.5, 0.6) is 0 Å². The molecule has 0 aliphatic carbocycles. The van der Waals surface area contributed by atoms with Gasteiger partial charge in [0.15, 0.2) is 0 Å². The molecule has 3 aromatic rings. The number of amides is 1. The lowest BCUT2D eigenvalue weighted by Crippen LogP contribution is -2.25. The Morgan fingerprint density at radius 1 is 0.960 bits per heavy atom. The van der Waals surface area contributed by atoms with Gasteiger partial charge in [0.05, 0.1) is 18.0 Å². The summed E-state index contributed by atoms with van der Waals surface area (Å²) < 4.78 is 0. The van der Waals surface area contributed by atoms with Crippen molar-refractivity contribution in [3.63, 3.8) is 0 Å². The van der Waals surface area contributed by atoms with Crippen LogP contribution >= 0.6 is 11.8 Å². The van der Waals surface area contributed by atoms with Crippen molar-refractivity contribution in [3.05, 3.63) is 78.4 Å².